The number of anilines is 3. The van der Waals surface area contributed by atoms with Crippen molar-refractivity contribution in [1.29, 1.82) is 0 Å². The van der Waals surface area contributed by atoms with E-state index in [2.05, 4.69) is 33.9 Å². The lowest BCUT2D eigenvalue weighted by atomic mass is 10.2. The van der Waals surface area contributed by atoms with Crippen LogP contribution in [0.4, 0.5) is 17.2 Å². The van der Waals surface area contributed by atoms with Crippen molar-refractivity contribution in [3.63, 3.8) is 0 Å². The maximum absolute atomic E-state index is 6.07. The molecule has 0 amide bonds. The van der Waals surface area contributed by atoms with Gasteiger partial charge in [-0.2, -0.15) is 0 Å². The lowest BCUT2D eigenvalue weighted by Crippen LogP contribution is -1.95. The summed E-state index contributed by atoms with van der Waals surface area (Å²) >= 11 is 7.80. The number of fused-ring (bicyclic) bond motifs is 1. The Balaban J connectivity index is 1.95. The van der Waals surface area contributed by atoms with Crippen LogP contribution in [0.1, 0.15) is 0 Å². The van der Waals surface area contributed by atoms with Gasteiger partial charge in [0.1, 0.15) is 5.82 Å². The van der Waals surface area contributed by atoms with Gasteiger partial charge in [0.2, 0.25) is 0 Å². The number of nitrogens with one attached hydrogen (secondary N) is 1. The quantitative estimate of drug-likeness (QED) is 0.734. The highest BCUT2D eigenvalue weighted by Crippen LogP contribution is 2.28. The highest BCUT2D eigenvalue weighted by molar-refractivity contribution is 7.17. The van der Waals surface area contributed by atoms with E-state index in [4.69, 9.17) is 17.3 Å². The minimum atomic E-state index is 0.514. The Labute approximate surface area is 113 Å². The van der Waals surface area contributed by atoms with Crippen LogP contribution in [-0.2, 0) is 0 Å². The molecule has 0 spiro atoms. The van der Waals surface area contributed by atoms with E-state index in [0.717, 1.165) is 5.69 Å². The average molecular weight is 276 g/mol. The second kappa shape index (κ2) is 4.48. The third-order valence-electron chi connectivity index (χ3n) is 2.58. The summed E-state index contributed by atoms with van der Waals surface area (Å²) in [5.74, 6) is 0.612. The first kappa shape index (κ1) is 11.3. The van der Waals surface area contributed by atoms with Gasteiger partial charge in [0, 0.05) is 10.4 Å². The van der Waals surface area contributed by atoms with E-state index in [1.807, 2.05) is 6.07 Å². The van der Waals surface area contributed by atoms with E-state index >= 15 is 0 Å². The first-order chi connectivity index (χ1) is 8.72. The highest BCUT2D eigenvalue weighted by Gasteiger charge is 2.04. The van der Waals surface area contributed by atoms with Crippen molar-refractivity contribution in [2.75, 3.05) is 11.1 Å². The molecule has 2 aromatic heterocycles. The molecule has 18 heavy (non-hydrogen) atoms. The molecular formula is C13H10ClN3S. The van der Waals surface area contributed by atoms with E-state index in [0.29, 0.717) is 16.5 Å². The van der Waals surface area contributed by atoms with Gasteiger partial charge in [-0.25, -0.2) is 4.98 Å². The Morgan fingerprint density at radius 1 is 1.22 bits per heavy atom. The predicted molar refractivity (Wildman–Crippen MR) is 78.8 cm³/mol. The fourth-order valence-corrected chi connectivity index (χ4v) is 2.72. The van der Waals surface area contributed by atoms with Crippen molar-refractivity contribution >= 4 is 50.2 Å². The zero-order valence-electron chi connectivity index (χ0n) is 9.35. The number of hydrogen-bond acceptors (Lipinski definition) is 4. The van der Waals surface area contributed by atoms with Gasteiger partial charge in [-0.1, -0.05) is 11.6 Å². The monoisotopic (exact) mass is 275 g/mol. The zero-order valence-corrected chi connectivity index (χ0v) is 10.9. The van der Waals surface area contributed by atoms with Crippen molar-refractivity contribution in [2.24, 2.45) is 0 Å². The molecule has 0 unspecified atom stereocenters. The number of hydrogen-bond donors (Lipinski definition) is 2. The van der Waals surface area contributed by atoms with Gasteiger partial charge in [-0.3, -0.25) is 0 Å². The first-order valence-electron chi connectivity index (χ1n) is 5.38. The molecule has 2 heterocycles. The first-order valence-corrected chi connectivity index (χ1v) is 6.63. The normalized spacial score (nSPS) is 10.7. The number of nitrogen functional groups attached to an aromatic ring is 1. The maximum Gasteiger partial charge on any atom is 0.149 e. The van der Waals surface area contributed by atoms with E-state index in [-0.39, 0.29) is 0 Å². The topological polar surface area (TPSA) is 50.9 Å². The minimum Gasteiger partial charge on any atom is -0.397 e. The van der Waals surface area contributed by atoms with Crippen LogP contribution in [0.3, 0.4) is 0 Å². The molecular weight excluding hydrogens is 266 g/mol. The number of halogens is 1. The van der Waals surface area contributed by atoms with Gasteiger partial charge in [0.15, 0.2) is 0 Å². The molecule has 0 saturated carbocycles. The van der Waals surface area contributed by atoms with E-state index in [9.17, 15) is 0 Å². The summed E-state index contributed by atoms with van der Waals surface area (Å²) in [7, 11) is 0. The van der Waals surface area contributed by atoms with Crippen LogP contribution >= 0.6 is 22.9 Å². The van der Waals surface area contributed by atoms with Gasteiger partial charge in [0.05, 0.1) is 16.9 Å². The fraction of sp³-hybridized carbons (Fsp3) is 0. The Bertz CT molecular complexity index is 708. The van der Waals surface area contributed by atoms with Gasteiger partial charge in [-0.15, -0.1) is 11.3 Å². The zero-order chi connectivity index (χ0) is 12.5. The summed E-state index contributed by atoms with van der Waals surface area (Å²) in [5, 5.41) is 6.98. The van der Waals surface area contributed by atoms with Crippen LogP contribution in [0, 0.1) is 0 Å². The Kier molecular flexibility index (Phi) is 2.81. The molecule has 0 aliphatic carbocycles. The van der Waals surface area contributed by atoms with Crippen LogP contribution in [0.25, 0.3) is 10.1 Å². The third kappa shape index (κ3) is 2.12. The summed E-state index contributed by atoms with van der Waals surface area (Å²) in [6, 6.07) is 9.92. The van der Waals surface area contributed by atoms with E-state index in [1.54, 1.807) is 23.6 Å². The maximum atomic E-state index is 6.07. The molecule has 0 radical (unpaired) electrons. The second-order valence-electron chi connectivity index (χ2n) is 3.90. The molecule has 0 atom stereocenters. The summed E-state index contributed by atoms with van der Waals surface area (Å²) < 4.78 is 1.26. The van der Waals surface area contributed by atoms with Gasteiger partial charge in [0.25, 0.3) is 0 Å². The third-order valence-corrected chi connectivity index (χ3v) is 3.76. The summed E-state index contributed by atoms with van der Waals surface area (Å²) in [4.78, 5) is 4.18. The standard InChI is InChI=1S/C13H10ClN3S/c14-11-6-9(15)7-16-13(11)17-10-1-2-12-8(5-10)3-4-18-12/h1-7H,15H2,(H,16,17). The molecule has 0 saturated heterocycles. The van der Waals surface area contributed by atoms with Crippen molar-refractivity contribution in [3.05, 3.63) is 46.9 Å². The number of aromatic nitrogens is 1. The minimum absolute atomic E-state index is 0.514. The van der Waals surface area contributed by atoms with Gasteiger partial charge < -0.3 is 11.1 Å². The van der Waals surface area contributed by atoms with Crippen molar-refractivity contribution in [2.45, 2.75) is 0 Å². The van der Waals surface area contributed by atoms with Gasteiger partial charge in [-0.05, 0) is 41.1 Å². The lowest BCUT2D eigenvalue weighted by molar-refractivity contribution is 1.31. The van der Waals surface area contributed by atoms with Crippen molar-refractivity contribution in [1.82, 2.24) is 4.98 Å². The number of pyridine rings is 1. The van der Waals surface area contributed by atoms with Crippen LogP contribution in [0.15, 0.2) is 41.9 Å². The number of nitrogens with two attached hydrogens (primary N) is 1. The SMILES string of the molecule is Nc1cnc(Nc2ccc3sccc3c2)c(Cl)c1. The van der Waals surface area contributed by atoms with Gasteiger partial charge >= 0.3 is 0 Å². The molecule has 3 nitrogen and oxygen atoms in total. The van der Waals surface area contributed by atoms with Crippen LogP contribution in [0.5, 0.6) is 0 Å². The summed E-state index contributed by atoms with van der Waals surface area (Å²) in [6.07, 6.45) is 1.58. The van der Waals surface area contributed by atoms with Crippen molar-refractivity contribution < 1.29 is 0 Å². The molecule has 1 aromatic carbocycles. The summed E-state index contributed by atoms with van der Waals surface area (Å²) in [5.41, 5.74) is 7.12. The largest absolute Gasteiger partial charge is 0.397 e. The molecule has 0 aliphatic heterocycles. The lowest BCUT2D eigenvalue weighted by Gasteiger charge is -2.07. The molecule has 3 rings (SSSR count). The molecule has 90 valence electrons. The number of nitrogens with zero attached hydrogens (tertiary/aromatic N) is 1. The summed E-state index contributed by atoms with van der Waals surface area (Å²) in [6.45, 7) is 0. The number of benzene rings is 1. The highest BCUT2D eigenvalue weighted by atomic mass is 35.5. The average Bonchev–Trinajstić information content (AvgIpc) is 2.80. The smallest absolute Gasteiger partial charge is 0.149 e. The van der Waals surface area contributed by atoms with Crippen LogP contribution in [-0.4, -0.2) is 4.98 Å². The number of thiophene rings is 1. The Morgan fingerprint density at radius 2 is 2.11 bits per heavy atom. The molecule has 3 aromatic rings. The Hall–Kier alpha value is -1.78. The fourth-order valence-electron chi connectivity index (χ4n) is 1.73. The molecule has 3 N–H and O–H groups in total. The predicted octanol–water partition coefficient (Wildman–Crippen LogP) is 4.28. The molecule has 0 bridgehead atoms. The molecule has 5 heteroatoms. The van der Waals surface area contributed by atoms with Crippen LogP contribution < -0.4 is 11.1 Å². The van der Waals surface area contributed by atoms with E-state index < -0.39 is 0 Å². The van der Waals surface area contributed by atoms with E-state index in [1.165, 1.54) is 10.1 Å². The second-order valence-corrected chi connectivity index (χ2v) is 5.25. The van der Waals surface area contributed by atoms with Crippen molar-refractivity contribution in [3.8, 4) is 0 Å². The Morgan fingerprint density at radius 3 is 2.94 bits per heavy atom. The van der Waals surface area contributed by atoms with Crippen LogP contribution in [0.2, 0.25) is 5.02 Å². The molecule has 0 aliphatic rings. The molecule has 0 fully saturated rings. The number of rotatable bonds is 2.